The number of benzene rings is 3. The summed E-state index contributed by atoms with van der Waals surface area (Å²) in [5.74, 6) is 0. The highest BCUT2D eigenvalue weighted by Crippen LogP contribution is 2.34. The summed E-state index contributed by atoms with van der Waals surface area (Å²) in [5, 5.41) is 3.76. The Morgan fingerprint density at radius 2 is 0.971 bits per heavy atom. The fraction of sp³-hybridized carbons (Fsp3) is 0.471. The van der Waals surface area contributed by atoms with Gasteiger partial charge in [-0.05, 0) is 103 Å². The van der Waals surface area contributed by atoms with Gasteiger partial charge in [0.1, 0.15) is 0 Å². The molecule has 0 unspecified atom stereocenters. The van der Waals surface area contributed by atoms with Crippen LogP contribution in [-0.2, 0) is 25.7 Å². The standard InChI is InChI=1S/C34H47N/c1-5-9-13-27-17-20-32(21-18-27)35-34-22-19-28(14-10-6-2)26-33(34)31-24-29(15-11-7-3)23-30(25-31)16-12-8-4/h17-26,35H,5-16H2,1-4H3. The van der Waals surface area contributed by atoms with Crippen LogP contribution in [0.1, 0.15) is 101 Å². The van der Waals surface area contributed by atoms with Gasteiger partial charge < -0.3 is 5.32 Å². The Kier molecular flexibility index (Phi) is 11.4. The number of unbranched alkanes of at least 4 members (excludes halogenated alkanes) is 4. The monoisotopic (exact) mass is 469 g/mol. The summed E-state index contributed by atoms with van der Waals surface area (Å²) in [7, 11) is 0. The summed E-state index contributed by atoms with van der Waals surface area (Å²) >= 11 is 0. The van der Waals surface area contributed by atoms with Crippen molar-refractivity contribution in [2.45, 2.75) is 105 Å². The lowest BCUT2D eigenvalue weighted by Crippen LogP contribution is -1.98. The maximum atomic E-state index is 3.76. The number of hydrogen-bond acceptors (Lipinski definition) is 1. The van der Waals surface area contributed by atoms with Crippen LogP contribution in [0.25, 0.3) is 11.1 Å². The molecule has 0 bridgehead atoms. The van der Waals surface area contributed by atoms with Gasteiger partial charge in [-0.2, -0.15) is 0 Å². The molecule has 0 aliphatic carbocycles. The van der Waals surface area contributed by atoms with Gasteiger partial charge in [-0.15, -0.1) is 0 Å². The molecule has 0 aliphatic rings. The highest BCUT2D eigenvalue weighted by atomic mass is 14.9. The topological polar surface area (TPSA) is 12.0 Å². The third-order valence-electron chi connectivity index (χ3n) is 6.96. The van der Waals surface area contributed by atoms with Crippen molar-refractivity contribution in [2.24, 2.45) is 0 Å². The number of nitrogens with one attached hydrogen (secondary N) is 1. The van der Waals surface area contributed by atoms with Crippen molar-refractivity contribution >= 4 is 11.4 Å². The van der Waals surface area contributed by atoms with Gasteiger partial charge in [0.05, 0.1) is 0 Å². The molecule has 1 nitrogen and oxygen atoms in total. The van der Waals surface area contributed by atoms with Gasteiger partial charge in [0.2, 0.25) is 0 Å². The molecular formula is C34H47N. The zero-order valence-electron chi connectivity index (χ0n) is 22.8. The molecule has 1 heteroatoms. The van der Waals surface area contributed by atoms with Crippen molar-refractivity contribution in [1.29, 1.82) is 0 Å². The lowest BCUT2D eigenvalue weighted by molar-refractivity contribution is 0.781. The van der Waals surface area contributed by atoms with Gasteiger partial charge in [0.25, 0.3) is 0 Å². The molecule has 1 N–H and O–H groups in total. The van der Waals surface area contributed by atoms with Crippen molar-refractivity contribution in [3.63, 3.8) is 0 Å². The van der Waals surface area contributed by atoms with E-state index < -0.39 is 0 Å². The zero-order chi connectivity index (χ0) is 24.9. The first-order chi connectivity index (χ1) is 17.2. The summed E-state index contributed by atoms with van der Waals surface area (Å²) in [6.07, 6.45) is 14.6. The molecule has 3 aromatic carbocycles. The van der Waals surface area contributed by atoms with Crippen LogP contribution >= 0.6 is 0 Å². The van der Waals surface area contributed by atoms with E-state index in [-0.39, 0.29) is 0 Å². The SMILES string of the molecule is CCCCc1ccc(Nc2ccc(CCCC)cc2-c2cc(CCCC)cc(CCCC)c2)cc1. The molecule has 0 atom stereocenters. The number of aryl methyl sites for hydroxylation is 4. The Balaban J connectivity index is 1.97. The summed E-state index contributed by atoms with van der Waals surface area (Å²) < 4.78 is 0. The van der Waals surface area contributed by atoms with E-state index in [1.165, 1.54) is 115 Å². The summed E-state index contributed by atoms with van der Waals surface area (Å²) in [6.45, 7) is 9.11. The second-order valence-corrected chi connectivity index (χ2v) is 10.2. The average Bonchev–Trinajstić information content (AvgIpc) is 2.89. The van der Waals surface area contributed by atoms with Crippen molar-refractivity contribution in [2.75, 3.05) is 5.32 Å². The molecule has 0 amide bonds. The van der Waals surface area contributed by atoms with E-state index in [2.05, 4.69) is 93.7 Å². The van der Waals surface area contributed by atoms with Crippen LogP contribution in [0, 0.1) is 0 Å². The lowest BCUT2D eigenvalue weighted by Gasteiger charge is -2.17. The van der Waals surface area contributed by atoms with Crippen molar-refractivity contribution in [3.05, 3.63) is 82.9 Å². The van der Waals surface area contributed by atoms with Crippen LogP contribution in [0.2, 0.25) is 0 Å². The normalized spacial score (nSPS) is 11.1. The maximum Gasteiger partial charge on any atom is 0.0464 e. The quantitative estimate of drug-likeness (QED) is 0.233. The first-order valence-corrected chi connectivity index (χ1v) is 14.3. The van der Waals surface area contributed by atoms with Gasteiger partial charge >= 0.3 is 0 Å². The van der Waals surface area contributed by atoms with Crippen LogP contribution in [0.4, 0.5) is 11.4 Å². The minimum absolute atomic E-state index is 1.15. The molecule has 35 heavy (non-hydrogen) atoms. The Morgan fingerprint density at radius 1 is 0.486 bits per heavy atom. The molecule has 3 aromatic rings. The van der Waals surface area contributed by atoms with Crippen LogP contribution in [0.3, 0.4) is 0 Å². The number of anilines is 2. The molecular weight excluding hydrogens is 422 g/mol. The molecule has 3 rings (SSSR count). The lowest BCUT2D eigenvalue weighted by atomic mass is 9.93. The van der Waals surface area contributed by atoms with Gasteiger partial charge in [-0.25, -0.2) is 0 Å². The van der Waals surface area contributed by atoms with E-state index in [1.807, 2.05) is 0 Å². The van der Waals surface area contributed by atoms with Gasteiger partial charge in [-0.1, -0.05) is 89.8 Å². The largest absolute Gasteiger partial charge is 0.355 e. The molecule has 0 spiro atoms. The summed E-state index contributed by atoms with van der Waals surface area (Å²) in [6, 6.07) is 23.4. The van der Waals surface area contributed by atoms with Gasteiger partial charge in [-0.3, -0.25) is 0 Å². The fourth-order valence-corrected chi connectivity index (χ4v) is 4.74. The third kappa shape index (κ3) is 8.57. The molecule has 0 aliphatic heterocycles. The Labute approximate surface area is 215 Å². The van der Waals surface area contributed by atoms with E-state index in [0.717, 1.165) is 6.42 Å². The molecule has 0 fully saturated rings. The fourth-order valence-electron chi connectivity index (χ4n) is 4.74. The first-order valence-electron chi connectivity index (χ1n) is 14.3. The Bertz CT molecular complexity index is 989. The Hall–Kier alpha value is -2.54. The minimum Gasteiger partial charge on any atom is -0.355 e. The van der Waals surface area contributed by atoms with E-state index in [1.54, 1.807) is 0 Å². The molecule has 0 saturated carbocycles. The van der Waals surface area contributed by atoms with Gasteiger partial charge in [0, 0.05) is 16.9 Å². The van der Waals surface area contributed by atoms with E-state index >= 15 is 0 Å². The second-order valence-electron chi connectivity index (χ2n) is 10.2. The molecule has 0 aromatic heterocycles. The Morgan fingerprint density at radius 3 is 1.51 bits per heavy atom. The van der Waals surface area contributed by atoms with Gasteiger partial charge in [0.15, 0.2) is 0 Å². The highest BCUT2D eigenvalue weighted by molar-refractivity contribution is 5.82. The summed E-state index contributed by atoms with van der Waals surface area (Å²) in [5.41, 5.74) is 10.9. The smallest absolute Gasteiger partial charge is 0.0464 e. The number of hydrogen-bond donors (Lipinski definition) is 1. The van der Waals surface area contributed by atoms with Crippen LogP contribution in [0.15, 0.2) is 60.7 Å². The molecule has 0 heterocycles. The van der Waals surface area contributed by atoms with E-state index in [9.17, 15) is 0 Å². The second kappa shape index (κ2) is 14.8. The van der Waals surface area contributed by atoms with Crippen LogP contribution < -0.4 is 5.32 Å². The van der Waals surface area contributed by atoms with Crippen LogP contribution in [0.5, 0.6) is 0 Å². The van der Waals surface area contributed by atoms with Crippen molar-refractivity contribution in [3.8, 4) is 11.1 Å². The van der Waals surface area contributed by atoms with E-state index in [0.29, 0.717) is 0 Å². The highest BCUT2D eigenvalue weighted by Gasteiger charge is 2.11. The zero-order valence-corrected chi connectivity index (χ0v) is 22.8. The number of rotatable bonds is 15. The van der Waals surface area contributed by atoms with Crippen molar-refractivity contribution < 1.29 is 0 Å². The van der Waals surface area contributed by atoms with Crippen LogP contribution in [-0.4, -0.2) is 0 Å². The minimum atomic E-state index is 1.15. The maximum absolute atomic E-state index is 3.76. The predicted octanol–water partition coefficient (Wildman–Crippen LogP) is 10.5. The summed E-state index contributed by atoms with van der Waals surface area (Å²) in [4.78, 5) is 0. The van der Waals surface area contributed by atoms with Crippen molar-refractivity contribution in [1.82, 2.24) is 0 Å². The molecule has 188 valence electrons. The van der Waals surface area contributed by atoms with E-state index in [4.69, 9.17) is 0 Å². The molecule has 0 saturated heterocycles. The predicted molar refractivity (Wildman–Crippen MR) is 156 cm³/mol. The molecule has 0 radical (unpaired) electrons. The average molecular weight is 470 g/mol. The third-order valence-corrected chi connectivity index (χ3v) is 6.96. The first kappa shape index (κ1) is 27.1.